The van der Waals surface area contributed by atoms with Gasteiger partial charge in [-0.05, 0) is 51.2 Å². The number of nitrogens with zero attached hydrogens (tertiary/aromatic N) is 1. The number of esters is 1. The predicted molar refractivity (Wildman–Crippen MR) is 124 cm³/mol. The monoisotopic (exact) mass is 442 g/mol. The Labute approximate surface area is 184 Å². The number of aryl methyl sites for hydroxylation is 2. The maximum atomic E-state index is 13.0. The Bertz CT molecular complexity index is 1100. The van der Waals surface area contributed by atoms with Crippen LogP contribution in [0, 0.1) is 0 Å². The highest BCUT2D eigenvalue weighted by Gasteiger charge is 2.28. The standard InChI is InChI=1S/C23H26N2O3S2/c1-4-28-23(27)20-16-10-6-8-12-18(16)30-22(20)24-21(26)14(2)29-19-13-25(3)17-11-7-5-9-15(17)19/h5,7,9,11,13-14H,4,6,8,10,12H2,1-3H3,(H,24,26)/t14-/m0/s1. The molecule has 1 aliphatic carbocycles. The topological polar surface area (TPSA) is 60.3 Å². The first kappa shape index (κ1) is 21.0. The number of carbonyl (C=O) groups excluding carboxylic acids is 2. The van der Waals surface area contributed by atoms with Crippen LogP contribution in [0.25, 0.3) is 10.9 Å². The van der Waals surface area contributed by atoms with Gasteiger partial charge >= 0.3 is 5.97 Å². The Hall–Kier alpha value is -2.25. The summed E-state index contributed by atoms with van der Waals surface area (Å²) in [5.41, 5.74) is 2.77. The Balaban J connectivity index is 1.56. The fraction of sp³-hybridized carbons (Fsp3) is 0.391. The number of amides is 1. The van der Waals surface area contributed by atoms with Gasteiger partial charge in [0.05, 0.1) is 17.4 Å². The number of carbonyl (C=O) groups is 2. The normalized spacial score (nSPS) is 14.4. The van der Waals surface area contributed by atoms with E-state index in [2.05, 4.69) is 28.2 Å². The lowest BCUT2D eigenvalue weighted by atomic mass is 9.95. The van der Waals surface area contributed by atoms with Gasteiger partial charge in [-0.25, -0.2) is 4.79 Å². The van der Waals surface area contributed by atoms with Crippen LogP contribution in [-0.4, -0.2) is 28.3 Å². The van der Waals surface area contributed by atoms with Crippen molar-refractivity contribution < 1.29 is 14.3 Å². The minimum Gasteiger partial charge on any atom is -0.462 e. The van der Waals surface area contributed by atoms with Crippen molar-refractivity contribution in [3.63, 3.8) is 0 Å². The third-order valence-corrected chi connectivity index (χ3v) is 7.78. The van der Waals surface area contributed by atoms with Crippen LogP contribution in [-0.2, 0) is 29.4 Å². The molecule has 0 radical (unpaired) electrons. The third-order valence-electron chi connectivity index (χ3n) is 5.42. The molecule has 4 rings (SSSR count). The number of anilines is 1. The van der Waals surface area contributed by atoms with Gasteiger partial charge in [0.1, 0.15) is 5.00 Å². The van der Waals surface area contributed by atoms with Gasteiger partial charge in [0.15, 0.2) is 0 Å². The van der Waals surface area contributed by atoms with E-state index in [1.807, 2.05) is 26.1 Å². The van der Waals surface area contributed by atoms with Crippen LogP contribution >= 0.6 is 23.1 Å². The zero-order valence-electron chi connectivity index (χ0n) is 17.5. The van der Waals surface area contributed by atoms with E-state index in [-0.39, 0.29) is 17.1 Å². The molecule has 1 atom stereocenters. The van der Waals surface area contributed by atoms with E-state index in [1.54, 1.807) is 6.92 Å². The summed E-state index contributed by atoms with van der Waals surface area (Å²) in [4.78, 5) is 27.9. The lowest BCUT2D eigenvalue weighted by molar-refractivity contribution is -0.115. The zero-order chi connectivity index (χ0) is 21.3. The molecule has 1 amide bonds. The van der Waals surface area contributed by atoms with Gasteiger partial charge < -0.3 is 14.6 Å². The van der Waals surface area contributed by atoms with Crippen molar-refractivity contribution in [3.8, 4) is 0 Å². The number of thioether (sulfide) groups is 1. The summed E-state index contributed by atoms with van der Waals surface area (Å²) >= 11 is 3.06. The minimum atomic E-state index is -0.332. The van der Waals surface area contributed by atoms with Crippen molar-refractivity contribution in [2.45, 2.75) is 49.7 Å². The van der Waals surface area contributed by atoms with Crippen LogP contribution in [0.1, 0.15) is 47.5 Å². The van der Waals surface area contributed by atoms with E-state index < -0.39 is 0 Å². The van der Waals surface area contributed by atoms with Gasteiger partial charge in [-0.2, -0.15) is 0 Å². The molecule has 2 heterocycles. The average molecular weight is 443 g/mol. The Morgan fingerprint density at radius 3 is 2.83 bits per heavy atom. The average Bonchev–Trinajstić information content (AvgIpc) is 3.25. The van der Waals surface area contributed by atoms with Gasteiger partial charge in [-0.3, -0.25) is 4.79 Å². The van der Waals surface area contributed by atoms with Crippen molar-refractivity contribution in [2.75, 3.05) is 11.9 Å². The number of benzene rings is 1. The maximum absolute atomic E-state index is 13.0. The van der Waals surface area contributed by atoms with E-state index in [4.69, 9.17) is 4.74 Å². The molecule has 0 saturated carbocycles. The summed E-state index contributed by atoms with van der Waals surface area (Å²) in [5.74, 6) is -0.432. The molecular formula is C23H26N2O3S2. The van der Waals surface area contributed by atoms with Gasteiger partial charge in [-0.15, -0.1) is 23.1 Å². The summed E-state index contributed by atoms with van der Waals surface area (Å²) < 4.78 is 7.37. The van der Waals surface area contributed by atoms with E-state index >= 15 is 0 Å². The molecular weight excluding hydrogens is 416 g/mol. The first-order valence-electron chi connectivity index (χ1n) is 10.3. The van der Waals surface area contributed by atoms with Crippen molar-refractivity contribution in [2.24, 2.45) is 7.05 Å². The number of para-hydroxylation sites is 1. The van der Waals surface area contributed by atoms with E-state index in [0.717, 1.165) is 47.0 Å². The maximum Gasteiger partial charge on any atom is 0.341 e. The van der Waals surface area contributed by atoms with Crippen LogP contribution in [0.3, 0.4) is 0 Å². The van der Waals surface area contributed by atoms with Gasteiger partial charge in [0.2, 0.25) is 5.91 Å². The molecule has 2 aromatic heterocycles. The zero-order valence-corrected chi connectivity index (χ0v) is 19.1. The number of hydrogen-bond donors (Lipinski definition) is 1. The summed E-state index contributed by atoms with van der Waals surface area (Å²) in [7, 11) is 2.01. The van der Waals surface area contributed by atoms with Crippen molar-refractivity contribution in [1.82, 2.24) is 4.57 Å². The molecule has 0 bridgehead atoms. The summed E-state index contributed by atoms with van der Waals surface area (Å²) in [6.45, 7) is 4.03. The van der Waals surface area contributed by atoms with Crippen LogP contribution in [0.4, 0.5) is 5.00 Å². The smallest absolute Gasteiger partial charge is 0.341 e. The molecule has 0 fully saturated rings. The second-order valence-electron chi connectivity index (χ2n) is 7.51. The number of aromatic nitrogens is 1. The largest absolute Gasteiger partial charge is 0.462 e. The van der Waals surface area contributed by atoms with Crippen LogP contribution < -0.4 is 5.32 Å². The Morgan fingerprint density at radius 2 is 2.03 bits per heavy atom. The first-order valence-corrected chi connectivity index (χ1v) is 12.0. The summed E-state index contributed by atoms with van der Waals surface area (Å²) in [5, 5.41) is 4.51. The Kier molecular flexibility index (Phi) is 6.20. The molecule has 30 heavy (non-hydrogen) atoms. The second-order valence-corrected chi connectivity index (χ2v) is 9.99. The molecule has 1 N–H and O–H groups in total. The highest BCUT2D eigenvalue weighted by atomic mass is 32.2. The van der Waals surface area contributed by atoms with E-state index in [1.165, 1.54) is 28.0 Å². The van der Waals surface area contributed by atoms with Crippen molar-refractivity contribution >= 4 is 50.9 Å². The van der Waals surface area contributed by atoms with Crippen LogP contribution in [0.5, 0.6) is 0 Å². The predicted octanol–water partition coefficient (Wildman–Crippen LogP) is 5.41. The Morgan fingerprint density at radius 1 is 1.27 bits per heavy atom. The third kappa shape index (κ3) is 4.01. The quantitative estimate of drug-likeness (QED) is 0.409. The van der Waals surface area contributed by atoms with Gasteiger partial charge in [-0.1, -0.05) is 18.2 Å². The van der Waals surface area contributed by atoms with Crippen molar-refractivity contribution in [3.05, 3.63) is 46.5 Å². The number of fused-ring (bicyclic) bond motifs is 2. The molecule has 3 aromatic rings. The molecule has 0 unspecified atom stereocenters. The van der Waals surface area contributed by atoms with Gasteiger partial charge in [0, 0.05) is 33.9 Å². The lowest BCUT2D eigenvalue weighted by Gasteiger charge is -2.13. The number of hydrogen-bond acceptors (Lipinski definition) is 5. The highest BCUT2D eigenvalue weighted by molar-refractivity contribution is 8.00. The molecule has 1 aliphatic rings. The number of ether oxygens (including phenoxy) is 1. The molecule has 1 aromatic carbocycles. The first-order chi connectivity index (χ1) is 14.5. The highest BCUT2D eigenvalue weighted by Crippen LogP contribution is 2.39. The van der Waals surface area contributed by atoms with E-state index in [9.17, 15) is 9.59 Å². The van der Waals surface area contributed by atoms with Crippen molar-refractivity contribution in [1.29, 1.82) is 0 Å². The fourth-order valence-corrected chi connectivity index (χ4v) is 6.27. The van der Waals surface area contributed by atoms with Crippen LogP contribution in [0.15, 0.2) is 35.4 Å². The summed E-state index contributed by atoms with van der Waals surface area (Å²) in [6.07, 6.45) is 6.08. The number of thiophene rings is 1. The molecule has 0 saturated heterocycles. The molecule has 7 heteroatoms. The number of rotatable bonds is 6. The second kappa shape index (κ2) is 8.86. The fourth-order valence-electron chi connectivity index (χ4n) is 3.93. The van der Waals surface area contributed by atoms with Crippen LogP contribution in [0.2, 0.25) is 0 Å². The molecule has 0 spiro atoms. The SMILES string of the molecule is CCOC(=O)c1c(NC(=O)[C@H](C)Sc2cn(C)c3ccccc23)sc2c1CCCC2. The van der Waals surface area contributed by atoms with Gasteiger partial charge in [0.25, 0.3) is 0 Å². The molecule has 0 aliphatic heterocycles. The molecule has 158 valence electrons. The molecule has 5 nitrogen and oxygen atoms in total. The van der Waals surface area contributed by atoms with E-state index in [0.29, 0.717) is 17.2 Å². The summed E-state index contributed by atoms with van der Waals surface area (Å²) in [6, 6.07) is 8.18. The minimum absolute atomic E-state index is 0.0999. The number of nitrogens with one attached hydrogen (secondary N) is 1. The lowest BCUT2D eigenvalue weighted by Crippen LogP contribution is -2.23.